The number of hydrogen-bond acceptors (Lipinski definition) is 1. The molecule has 1 nitrogen and oxygen atoms in total. The van der Waals surface area contributed by atoms with Crippen LogP contribution in [0.5, 0.6) is 0 Å². The number of nitrogens with one attached hydrogen (secondary N) is 1. The van der Waals surface area contributed by atoms with Crippen LogP contribution in [0.3, 0.4) is 0 Å². The average molecular weight is 205 g/mol. The lowest BCUT2D eigenvalue weighted by molar-refractivity contribution is 0.823. The molecule has 0 heterocycles. The van der Waals surface area contributed by atoms with Crippen molar-refractivity contribution in [2.45, 2.75) is 33.6 Å². The van der Waals surface area contributed by atoms with E-state index in [1.165, 1.54) is 11.1 Å². The second-order valence-corrected chi connectivity index (χ2v) is 3.49. The fraction of sp³-hybridized carbons (Fsp3) is 0.429. The molecule has 0 aromatic heterocycles. The van der Waals surface area contributed by atoms with E-state index in [0.717, 1.165) is 25.1 Å². The van der Waals surface area contributed by atoms with Crippen LogP contribution in [0.1, 0.15) is 33.6 Å². The van der Waals surface area contributed by atoms with Crippen LogP contribution < -0.4 is 5.32 Å². The molecule has 0 spiro atoms. The molecule has 0 aliphatic carbocycles. The SMILES string of the molecule is C=C(CC)NC/C(=C/C=C\C)C(=C)CC. The Bertz CT molecular complexity index is 269. The van der Waals surface area contributed by atoms with Gasteiger partial charge in [0.15, 0.2) is 0 Å². The normalized spacial score (nSPS) is 11.8. The molecule has 0 fully saturated rings. The second kappa shape index (κ2) is 8.10. The summed E-state index contributed by atoms with van der Waals surface area (Å²) in [4.78, 5) is 0. The lowest BCUT2D eigenvalue weighted by Gasteiger charge is -2.12. The number of allylic oxidation sites excluding steroid dienone is 4. The summed E-state index contributed by atoms with van der Waals surface area (Å²) in [6.45, 7) is 15.0. The molecule has 0 aliphatic heterocycles. The zero-order chi connectivity index (χ0) is 11.7. The first-order chi connectivity index (χ1) is 7.15. The maximum Gasteiger partial charge on any atom is 0.0400 e. The van der Waals surface area contributed by atoms with E-state index in [1.807, 2.05) is 19.1 Å². The summed E-state index contributed by atoms with van der Waals surface area (Å²) < 4.78 is 0. The minimum Gasteiger partial charge on any atom is -0.385 e. The van der Waals surface area contributed by atoms with Crippen molar-refractivity contribution in [3.8, 4) is 0 Å². The van der Waals surface area contributed by atoms with Crippen molar-refractivity contribution in [2.75, 3.05) is 6.54 Å². The summed E-state index contributed by atoms with van der Waals surface area (Å²) in [6, 6.07) is 0. The van der Waals surface area contributed by atoms with Gasteiger partial charge in [-0.2, -0.15) is 0 Å². The molecule has 0 atom stereocenters. The summed E-state index contributed by atoms with van der Waals surface area (Å²) in [5, 5.41) is 3.30. The van der Waals surface area contributed by atoms with Crippen LogP contribution in [0.4, 0.5) is 0 Å². The van der Waals surface area contributed by atoms with Crippen molar-refractivity contribution in [2.24, 2.45) is 0 Å². The molecule has 0 bridgehead atoms. The van der Waals surface area contributed by atoms with Crippen LogP contribution in [-0.4, -0.2) is 6.54 Å². The molecule has 15 heavy (non-hydrogen) atoms. The van der Waals surface area contributed by atoms with E-state index in [-0.39, 0.29) is 0 Å². The van der Waals surface area contributed by atoms with E-state index in [2.05, 4.69) is 38.4 Å². The van der Waals surface area contributed by atoms with Crippen molar-refractivity contribution < 1.29 is 0 Å². The first kappa shape index (κ1) is 13.8. The van der Waals surface area contributed by atoms with Gasteiger partial charge in [-0.25, -0.2) is 0 Å². The smallest absolute Gasteiger partial charge is 0.0400 e. The van der Waals surface area contributed by atoms with Gasteiger partial charge in [-0.1, -0.05) is 50.8 Å². The molecule has 0 aliphatic rings. The Kier molecular flexibility index (Phi) is 7.43. The van der Waals surface area contributed by atoms with E-state index in [4.69, 9.17) is 0 Å². The minimum absolute atomic E-state index is 0.823. The first-order valence-corrected chi connectivity index (χ1v) is 5.57. The third kappa shape index (κ3) is 5.95. The third-order valence-electron chi connectivity index (χ3n) is 2.33. The van der Waals surface area contributed by atoms with Crippen LogP contribution in [-0.2, 0) is 0 Å². The molecule has 0 radical (unpaired) electrons. The van der Waals surface area contributed by atoms with Crippen LogP contribution in [0, 0.1) is 0 Å². The first-order valence-electron chi connectivity index (χ1n) is 5.57. The zero-order valence-corrected chi connectivity index (χ0v) is 10.3. The van der Waals surface area contributed by atoms with Gasteiger partial charge < -0.3 is 5.32 Å². The fourth-order valence-corrected chi connectivity index (χ4v) is 1.09. The van der Waals surface area contributed by atoms with Crippen molar-refractivity contribution in [3.63, 3.8) is 0 Å². The van der Waals surface area contributed by atoms with Gasteiger partial charge in [-0.15, -0.1) is 0 Å². The Morgan fingerprint density at radius 1 is 1.20 bits per heavy atom. The Hall–Kier alpha value is -1.24. The molecule has 0 aromatic carbocycles. The molecule has 0 unspecified atom stereocenters. The van der Waals surface area contributed by atoms with Crippen molar-refractivity contribution in [3.05, 3.63) is 48.2 Å². The fourth-order valence-electron chi connectivity index (χ4n) is 1.09. The molecule has 0 amide bonds. The quantitative estimate of drug-likeness (QED) is 0.620. The second-order valence-electron chi connectivity index (χ2n) is 3.49. The Labute approximate surface area is 94.3 Å². The average Bonchev–Trinajstić information content (AvgIpc) is 2.27. The van der Waals surface area contributed by atoms with Crippen molar-refractivity contribution in [1.82, 2.24) is 5.32 Å². The molecular weight excluding hydrogens is 182 g/mol. The molecular formula is C14H23N. The molecule has 0 saturated carbocycles. The standard InChI is InChI=1S/C14H23N/c1-6-9-10-14(12(4)7-2)11-15-13(5)8-3/h6,9-10,15H,4-5,7-8,11H2,1-3H3/b9-6-,14-10-. The van der Waals surface area contributed by atoms with Gasteiger partial charge in [0.05, 0.1) is 0 Å². The van der Waals surface area contributed by atoms with Gasteiger partial charge in [-0.3, -0.25) is 0 Å². The maximum absolute atomic E-state index is 4.06. The van der Waals surface area contributed by atoms with Crippen molar-refractivity contribution >= 4 is 0 Å². The topological polar surface area (TPSA) is 12.0 Å². The lowest BCUT2D eigenvalue weighted by atomic mass is 10.0. The van der Waals surface area contributed by atoms with E-state index in [9.17, 15) is 0 Å². The van der Waals surface area contributed by atoms with Crippen LogP contribution in [0.25, 0.3) is 0 Å². The zero-order valence-electron chi connectivity index (χ0n) is 10.3. The van der Waals surface area contributed by atoms with Gasteiger partial charge in [-0.05, 0) is 25.3 Å². The Morgan fingerprint density at radius 3 is 2.33 bits per heavy atom. The highest BCUT2D eigenvalue weighted by Gasteiger charge is 1.99. The molecule has 0 aromatic rings. The molecule has 0 rings (SSSR count). The highest BCUT2D eigenvalue weighted by atomic mass is 14.9. The maximum atomic E-state index is 4.06. The molecule has 0 saturated heterocycles. The lowest BCUT2D eigenvalue weighted by Crippen LogP contribution is -2.16. The Balaban J connectivity index is 4.39. The van der Waals surface area contributed by atoms with E-state index >= 15 is 0 Å². The van der Waals surface area contributed by atoms with E-state index in [1.54, 1.807) is 0 Å². The predicted molar refractivity (Wildman–Crippen MR) is 69.8 cm³/mol. The summed E-state index contributed by atoms with van der Waals surface area (Å²) in [5.41, 5.74) is 3.51. The summed E-state index contributed by atoms with van der Waals surface area (Å²) in [5.74, 6) is 0. The molecule has 1 N–H and O–H groups in total. The molecule has 1 heteroatoms. The number of hydrogen-bond donors (Lipinski definition) is 1. The van der Waals surface area contributed by atoms with Crippen LogP contribution in [0.2, 0.25) is 0 Å². The van der Waals surface area contributed by atoms with Crippen LogP contribution >= 0.6 is 0 Å². The van der Waals surface area contributed by atoms with Gasteiger partial charge in [0.1, 0.15) is 0 Å². The van der Waals surface area contributed by atoms with E-state index < -0.39 is 0 Å². The molecule has 84 valence electrons. The highest BCUT2D eigenvalue weighted by Crippen LogP contribution is 2.11. The summed E-state index contributed by atoms with van der Waals surface area (Å²) in [7, 11) is 0. The monoisotopic (exact) mass is 205 g/mol. The third-order valence-corrected chi connectivity index (χ3v) is 2.33. The highest BCUT2D eigenvalue weighted by molar-refractivity contribution is 5.33. The predicted octanol–water partition coefficient (Wildman–Crippen LogP) is 3.97. The minimum atomic E-state index is 0.823. The van der Waals surface area contributed by atoms with Gasteiger partial charge in [0.2, 0.25) is 0 Å². The van der Waals surface area contributed by atoms with Crippen LogP contribution in [0.15, 0.2) is 48.2 Å². The van der Waals surface area contributed by atoms with Gasteiger partial charge in [0, 0.05) is 12.2 Å². The Morgan fingerprint density at radius 2 is 1.87 bits per heavy atom. The van der Waals surface area contributed by atoms with Gasteiger partial charge >= 0.3 is 0 Å². The summed E-state index contributed by atoms with van der Waals surface area (Å²) in [6.07, 6.45) is 8.14. The van der Waals surface area contributed by atoms with E-state index in [0.29, 0.717) is 0 Å². The number of rotatable bonds is 7. The largest absolute Gasteiger partial charge is 0.385 e. The van der Waals surface area contributed by atoms with Crippen molar-refractivity contribution in [1.29, 1.82) is 0 Å². The van der Waals surface area contributed by atoms with Gasteiger partial charge in [0.25, 0.3) is 0 Å². The summed E-state index contributed by atoms with van der Waals surface area (Å²) >= 11 is 0.